The standard InChI is InChI=1S/C12H14N2O4/c1-7-2-3-8(5-13-7)11(16)14-6-9(15)4-10(14)12(17)18/h2-3,5,9-10,15H,4,6H2,1H3,(H,17,18)/t9-,10-/m0/s1. The summed E-state index contributed by atoms with van der Waals surface area (Å²) in [5.41, 5.74) is 1.11. The van der Waals surface area contributed by atoms with E-state index in [1.165, 1.54) is 11.1 Å². The van der Waals surface area contributed by atoms with Gasteiger partial charge < -0.3 is 15.1 Å². The second kappa shape index (κ2) is 4.73. The number of aliphatic carboxylic acids is 1. The molecule has 2 atom stereocenters. The Labute approximate surface area is 104 Å². The Morgan fingerprint density at radius 3 is 2.72 bits per heavy atom. The fraction of sp³-hybridized carbons (Fsp3) is 0.417. The normalized spacial score (nSPS) is 23.1. The molecule has 1 aromatic heterocycles. The molecule has 0 aliphatic carbocycles. The van der Waals surface area contributed by atoms with Crippen molar-refractivity contribution >= 4 is 11.9 Å². The Bertz CT molecular complexity index is 471. The van der Waals surface area contributed by atoms with E-state index in [1.807, 2.05) is 0 Å². The van der Waals surface area contributed by atoms with E-state index in [4.69, 9.17) is 5.11 Å². The number of carbonyl (C=O) groups is 2. The van der Waals surface area contributed by atoms with E-state index in [2.05, 4.69) is 4.98 Å². The first-order chi connectivity index (χ1) is 8.49. The van der Waals surface area contributed by atoms with Crippen LogP contribution in [0.3, 0.4) is 0 Å². The van der Waals surface area contributed by atoms with Gasteiger partial charge in [-0.2, -0.15) is 0 Å². The first-order valence-corrected chi connectivity index (χ1v) is 5.63. The summed E-state index contributed by atoms with van der Waals surface area (Å²) >= 11 is 0. The van der Waals surface area contributed by atoms with Crippen molar-refractivity contribution < 1.29 is 19.8 Å². The topological polar surface area (TPSA) is 90.7 Å². The quantitative estimate of drug-likeness (QED) is 0.774. The van der Waals surface area contributed by atoms with Crippen LogP contribution in [0.2, 0.25) is 0 Å². The maximum atomic E-state index is 12.1. The van der Waals surface area contributed by atoms with Crippen molar-refractivity contribution in [3.8, 4) is 0 Å². The third-order valence-electron chi connectivity index (χ3n) is 2.98. The van der Waals surface area contributed by atoms with Gasteiger partial charge in [0.05, 0.1) is 11.7 Å². The zero-order valence-electron chi connectivity index (χ0n) is 9.91. The average Bonchev–Trinajstić information content (AvgIpc) is 2.71. The Hall–Kier alpha value is -1.95. The maximum Gasteiger partial charge on any atom is 0.326 e. The molecule has 0 spiro atoms. The van der Waals surface area contributed by atoms with Crippen molar-refractivity contribution in [1.82, 2.24) is 9.88 Å². The van der Waals surface area contributed by atoms with Crippen LogP contribution in [0.25, 0.3) is 0 Å². The van der Waals surface area contributed by atoms with Crippen molar-refractivity contribution in [2.45, 2.75) is 25.5 Å². The average molecular weight is 250 g/mol. The smallest absolute Gasteiger partial charge is 0.326 e. The molecule has 2 heterocycles. The van der Waals surface area contributed by atoms with Gasteiger partial charge in [0.2, 0.25) is 0 Å². The second-order valence-corrected chi connectivity index (χ2v) is 4.39. The molecule has 18 heavy (non-hydrogen) atoms. The highest BCUT2D eigenvalue weighted by Gasteiger charge is 2.39. The lowest BCUT2D eigenvalue weighted by Gasteiger charge is -2.20. The molecule has 0 bridgehead atoms. The van der Waals surface area contributed by atoms with Crippen molar-refractivity contribution in [3.63, 3.8) is 0 Å². The van der Waals surface area contributed by atoms with Gasteiger partial charge in [-0.15, -0.1) is 0 Å². The van der Waals surface area contributed by atoms with Crippen LogP contribution in [0.1, 0.15) is 22.5 Å². The molecule has 2 N–H and O–H groups in total. The summed E-state index contributed by atoms with van der Waals surface area (Å²) in [7, 11) is 0. The molecule has 1 saturated heterocycles. The molecular weight excluding hydrogens is 236 g/mol. The lowest BCUT2D eigenvalue weighted by Crippen LogP contribution is -2.40. The number of hydrogen-bond donors (Lipinski definition) is 2. The van der Waals surface area contributed by atoms with Crippen molar-refractivity contribution in [2.24, 2.45) is 0 Å². The number of aliphatic hydroxyl groups is 1. The summed E-state index contributed by atoms with van der Waals surface area (Å²) in [4.78, 5) is 28.3. The molecule has 1 fully saturated rings. The predicted octanol–water partition coefficient (Wildman–Crippen LogP) is 0.0500. The number of rotatable bonds is 2. The summed E-state index contributed by atoms with van der Waals surface area (Å²) in [6.07, 6.45) is 0.704. The summed E-state index contributed by atoms with van der Waals surface area (Å²) in [6.45, 7) is 1.84. The molecule has 0 radical (unpaired) electrons. The van der Waals surface area contributed by atoms with E-state index in [1.54, 1.807) is 19.1 Å². The van der Waals surface area contributed by atoms with Crippen molar-refractivity contribution in [3.05, 3.63) is 29.6 Å². The minimum absolute atomic E-state index is 0.0453. The van der Waals surface area contributed by atoms with Crippen molar-refractivity contribution in [1.29, 1.82) is 0 Å². The van der Waals surface area contributed by atoms with E-state index in [9.17, 15) is 14.7 Å². The van der Waals surface area contributed by atoms with E-state index in [-0.39, 0.29) is 13.0 Å². The third-order valence-corrected chi connectivity index (χ3v) is 2.98. The van der Waals surface area contributed by atoms with Crippen LogP contribution in [0.15, 0.2) is 18.3 Å². The van der Waals surface area contributed by atoms with Crippen LogP contribution in [-0.2, 0) is 4.79 Å². The summed E-state index contributed by atoms with van der Waals surface area (Å²) < 4.78 is 0. The van der Waals surface area contributed by atoms with Gasteiger partial charge in [-0.3, -0.25) is 9.78 Å². The lowest BCUT2D eigenvalue weighted by atomic mass is 10.2. The number of aryl methyl sites for hydroxylation is 1. The number of aromatic nitrogens is 1. The third kappa shape index (κ3) is 2.33. The number of likely N-dealkylation sites (tertiary alicyclic amines) is 1. The van der Waals surface area contributed by atoms with Gasteiger partial charge in [0.25, 0.3) is 5.91 Å². The molecule has 1 aliphatic rings. The Kier molecular flexibility index (Phi) is 3.29. The highest BCUT2D eigenvalue weighted by molar-refractivity contribution is 5.96. The molecule has 0 aromatic carbocycles. The molecule has 1 amide bonds. The van der Waals surface area contributed by atoms with E-state index in [0.717, 1.165) is 5.69 Å². The summed E-state index contributed by atoms with van der Waals surface area (Å²) in [5, 5.41) is 18.5. The van der Waals surface area contributed by atoms with Crippen LogP contribution in [0.5, 0.6) is 0 Å². The number of carboxylic acids is 1. The largest absolute Gasteiger partial charge is 0.480 e. The predicted molar refractivity (Wildman–Crippen MR) is 62.1 cm³/mol. The SMILES string of the molecule is Cc1ccc(C(=O)N2C[C@@H](O)C[C@H]2C(=O)O)cn1. The number of β-amino-alcohol motifs (C(OH)–C–C–N with tert-alkyl or cyclic N) is 1. The van der Waals surface area contributed by atoms with Crippen molar-refractivity contribution in [2.75, 3.05) is 6.54 Å². The molecule has 6 nitrogen and oxygen atoms in total. The fourth-order valence-electron chi connectivity index (χ4n) is 2.03. The molecule has 1 aromatic rings. The highest BCUT2D eigenvalue weighted by atomic mass is 16.4. The van der Waals surface area contributed by atoms with E-state index >= 15 is 0 Å². The van der Waals surface area contributed by atoms with E-state index in [0.29, 0.717) is 5.56 Å². The molecule has 0 saturated carbocycles. The highest BCUT2D eigenvalue weighted by Crippen LogP contribution is 2.20. The Morgan fingerprint density at radius 1 is 1.44 bits per heavy atom. The lowest BCUT2D eigenvalue weighted by molar-refractivity contribution is -0.141. The van der Waals surface area contributed by atoms with Gasteiger partial charge in [0, 0.05) is 24.9 Å². The number of hydrogen-bond acceptors (Lipinski definition) is 4. The molecule has 1 aliphatic heterocycles. The number of pyridine rings is 1. The van der Waals surface area contributed by atoms with Gasteiger partial charge in [-0.05, 0) is 19.1 Å². The first kappa shape index (κ1) is 12.5. The number of carboxylic acid groups (broad SMARTS) is 1. The zero-order chi connectivity index (χ0) is 13.3. The van der Waals surface area contributed by atoms with Crippen LogP contribution in [0, 0.1) is 6.92 Å². The van der Waals surface area contributed by atoms with Gasteiger partial charge in [0.15, 0.2) is 0 Å². The molecule has 96 valence electrons. The van der Waals surface area contributed by atoms with Crippen LogP contribution in [0.4, 0.5) is 0 Å². The number of nitrogens with zero attached hydrogens (tertiary/aromatic N) is 2. The van der Waals surface area contributed by atoms with Gasteiger partial charge in [-0.1, -0.05) is 0 Å². The molecule has 0 unspecified atom stereocenters. The second-order valence-electron chi connectivity index (χ2n) is 4.39. The summed E-state index contributed by atoms with van der Waals surface area (Å²) in [6, 6.07) is 2.33. The monoisotopic (exact) mass is 250 g/mol. The van der Waals surface area contributed by atoms with Gasteiger partial charge in [-0.25, -0.2) is 4.79 Å². The first-order valence-electron chi connectivity index (χ1n) is 5.63. The number of aliphatic hydroxyl groups excluding tert-OH is 1. The molecule has 6 heteroatoms. The Morgan fingerprint density at radius 2 is 2.17 bits per heavy atom. The molecular formula is C12H14N2O4. The minimum atomic E-state index is -1.10. The maximum absolute atomic E-state index is 12.1. The van der Waals surface area contributed by atoms with Gasteiger partial charge in [0.1, 0.15) is 6.04 Å². The Balaban J connectivity index is 2.22. The molecule has 2 rings (SSSR count). The zero-order valence-corrected chi connectivity index (χ0v) is 9.91. The summed E-state index contributed by atoms with van der Waals surface area (Å²) in [5.74, 6) is -1.51. The minimum Gasteiger partial charge on any atom is -0.480 e. The number of carbonyl (C=O) groups excluding carboxylic acids is 1. The van der Waals surface area contributed by atoms with Gasteiger partial charge >= 0.3 is 5.97 Å². The van der Waals surface area contributed by atoms with Crippen LogP contribution in [-0.4, -0.2) is 50.7 Å². The van der Waals surface area contributed by atoms with E-state index < -0.39 is 24.0 Å². The fourth-order valence-corrected chi connectivity index (χ4v) is 2.03. The number of amides is 1. The van der Waals surface area contributed by atoms with Crippen LogP contribution < -0.4 is 0 Å². The van der Waals surface area contributed by atoms with Crippen LogP contribution >= 0.6 is 0 Å².